The summed E-state index contributed by atoms with van der Waals surface area (Å²) in [4.78, 5) is 0. The van der Waals surface area contributed by atoms with Crippen LogP contribution in [0.1, 0.15) is 18.9 Å². The van der Waals surface area contributed by atoms with Crippen molar-refractivity contribution < 1.29 is 0 Å². The molecule has 0 atom stereocenters. The molecule has 72 valence electrons. The van der Waals surface area contributed by atoms with E-state index in [0.717, 1.165) is 25.9 Å². The van der Waals surface area contributed by atoms with Crippen molar-refractivity contribution in [3.05, 3.63) is 29.8 Å². The molecule has 0 heterocycles. The largest absolute Gasteiger partial charge is 0.385 e. The molecule has 0 amide bonds. The second-order valence-electron chi connectivity index (χ2n) is 3.12. The van der Waals surface area contributed by atoms with Crippen LogP contribution in [0.2, 0.25) is 0 Å². The standard InChI is InChI=1S/C11H18N2/c1-2-10-4-6-11(7-5-10)13-9-3-8-12/h4-7,13H,2-3,8-9,12H2,1H3. The maximum absolute atomic E-state index is 5.40. The van der Waals surface area contributed by atoms with Crippen LogP contribution in [0.4, 0.5) is 5.69 Å². The molecular weight excluding hydrogens is 160 g/mol. The highest BCUT2D eigenvalue weighted by Crippen LogP contribution is 2.09. The second-order valence-corrected chi connectivity index (χ2v) is 3.12. The molecule has 13 heavy (non-hydrogen) atoms. The number of rotatable bonds is 5. The molecule has 0 aliphatic rings. The first-order valence-electron chi connectivity index (χ1n) is 4.89. The summed E-state index contributed by atoms with van der Waals surface area (Å²) in [5.41, 5.74) is 7.96. The Kier molecular flexibility index (Phi) is 4.33. The summed E-state index contributed by atoms with van der Waals surface area (Å²) >= 11 is 0. The fourth-order valence-corrected chi connectivity index (χ4v) is 1.19. The average Bonchev–Trinajstić information content (AvgIpc) is 2.19. The minimum atomic E-state index is 0.750. The molecule has 2 heteroatoms. The lowest BCUT2D eigenvalue weighted by Gasteiger charge is -2.05. The number of nitrogens with one attached hydrogen (secondary N) is 1. The summed E-state index contributed by atoms with van der Waals surface area (Å²) in [7, 11) is 0. The van der Waals surface area contributed by atoms with Crippen molar-refractivity contribution in [1.29, 1.82) is 0 Å². The fraction of sp³-hybridized carbons (Fsp3) is 0.455. The van der Waals surface area contributed by atoms with E-state index in [-0.39, 0.29) is 0 Å². The van der Waals surface area contributed by atoms with E-state index in [1.54, 1.807) is 0 Å². The molecule has 1 rings (SSSR count). The molecule has 2 nitrogen and oxygen atoms in total. The van der Waals surface area contributed by atoms with Gasteiger partial charge in [0.05, 0.1) is 0 Å². The Morgan fingerprint density at radius 2 is 1.92 bits per heavy atom. The summed E-state index contributed by atoms with van der Waals surface area (Å²) < 4.78 is 0. The lowest BCUT2D eigenvalue weighted by atomic mass is 10.1. The van der Waals surface area contributed by atoms with Gasteiger partial charge in [-0.15, -0.1) is 0 Å². The monoisotopic (exact) mass is 178 g/mol. The summed E-state index contributed by atoms with van der Waals surface area (Å²) in [6.07, 6.45) is 2.12. The van der Waals surface area contributed by atoms with Crippen LogP contribution in [0.3, 0.4) is 0 Å². The molecule has 0 aromatic heterocycles. The van der Waals surface area contributed by atoms with Crippen molar-refractivity contribution in [1.82, 2.24) is 0 Å². The van der Waals surface area contributed by atoms with Crippen LogP contribution >= 0.6 is 0 Å². The predicted octanol–water partition coefficient (Wildman–Crippen LogP) is 2.01. The van der Waals surface area contributed by atoms with Gasteiger partial charge in [-0.3, -0.25) is 0 Å². The van der Waals surface area contributed by atoms with E-state index in [9.17, 15) is 0 Å². The molecular formula is C11H18N2. The molecule has 0 saturated carbocycles. The Balaban J connectivity index is 2.40. The molecule has 0 spiro atoms. The molecule has 0 aliphatic heterocycles. The highest BCUT2D eigenvalue weighted by Gasteiger charge is 1.91. The lowest BCUT2D eigenvalue weighted by Crippen LogP contribution is -2.08. The molecule has 0 fully saturated rings. The average molecular weight is 178 g/mol. The van der Waals surface area contributed by atoms with Crippen molar-refractivity contribution in [2.24, 2.45) is 5.73 Å². The van der Waals surface area contributed by atoms with E-state index in [0.29, 0.717) is 0 Å². The third-order valence-electron chi connectivity index (χ3n) is 2.07. The Bertz CT molecular complexity index is 228. The first-order chi connectivity index (χ1) is 6.36. The van der Waals surface area contributed by atoms with Gasteiger partial charge in [-0.2, -0.15) is 0 Å². The topological polar surface area (TPSA) is 38.0 Å². The third kappa shape index (κ3) is 3.47. The first-order valence-corrected chi connectivity index (χ1v) is 4.89. The molecule has 3 N–H and O–H groups in total. The van der Waals surface area contributed by atoms with Gasteiger partial charge in [-0.1, -0.05) is 19.1 Å². The second kappa shape index (κ2) is 5.60. The minimum absolute atomic E-state index is 0.750. The zero-order valence-electron chi connectivity index (χ0n) is 8.22. The van der Waals surface area contributed by atoms with Crippen LogP contribution in [0, 0.1) is 0 Å². The molecule has 1 aromatic carbocycles. The summed E-state index contributed by atoms with van der Waals surface area (Å²) in [5, 5.41) is 3.32. The molecule has 0 unspecified atom stereocenters. The first kappa shape index (κ1) is 10.1. The predicted molar refractivity (Wildman–Crippen MR) is 58.0 cm³/mol. The van der Waals surface area contributed by atoms with Crippen LogP contribution in [0.15, 0.2) is 24.3 Å². The van der Waals surface area contributed by atoms with Gasteiger partial charge in [0.15, 0.2) is 0 Å². The summed E-state index contributed by atoms with van der Waals surface area (Å²) in [6.45, 7) is 3.87. The smallest absolute Gasteiger partial charge is 0.0340 e. The van der Waals surface area contributed by atoms with Gasteiger partial charge in [0.2, 0.25) is 0 Å². The van der Waals surface area contributed by atoms with Crippen molar-refractivity contribution in [3.63, 3.8) is 0 Å². The maximum Gasteiger partial charge on any atom is 0.0340 e. The Morgan fingerprint density at radius 1 is 1.23 bits per heavy atom. The normalized spacial score (nSPS) is 10.0. The number of aryl methyl sites for hydroxylation is 1. The zero-order chi connectivity index (χ0) is 9.52. The summed E-state index contributed by atoms with van der Waals surface area (Å²) in [5.74, 6) is 0. The Hall–Kier alpha value is -1.02. The Morgan fingerprint density at radius 3 is 2.46 bits per heavy atom. The van der Waals surface area contributed by atoms with E-state index < -0.39 is 0 Å². The lowest BCUT2D eigenvalue weighted by molar-refractivity contribution is 0.874. The highest BCUT2D eigenvalue weighted by molar-refractivity contribution is 5.44. The minimum Gasteiger partial charge on any atom is -0.385 e. The van der Waals surface area contributed by atoms with Gasteiger partial charge in [-0.25, -0.2) is 0 Å². The molecule has 1 aromatic rings. The number of nitrogens with two attached hydrogens (primary N) is 1. The van der Waals surface area contributed by atoms with Crippen LogP contribution in [-0.4, -0.2) is 13.1 Å². The van der Waals surface area contributed by atoms with Gasteiger partial charge >= 0.3 is 0 Å². The molecule has 0 bridgehead atoms. The van der Waals surface area contributed by atoms with Crippen LogP contribution in [0.25, 0.3) is 0 Å². The van der Waals surface area contributed by atoms with E-state index in [4.69, 9.17) is 5.73 Å². The highest BCUT2D eigenvalue weighted by atomic mass is 14.9. The van der Waals surface area contributed by atoms with Gasteiger partial charge in [0, 0.05) is 12.2 Å². The molecule has 0 saturated heterocycles. The SMILES string of the molecule is CCc1ccc(NCCCN)cc1. The van der Waals surface area contributed by atoms with Gasteiger partial charge in [0.1, 0.15) is 0 Å². The van der Waals surface area contributed by atoms with Crippen LogP contribution in [-0.2, 0) is 6.42 Å². The molecule has 0 radical (unpaired) electrons. The third-order valence-corrected chi connectivity index (χ3v) is 2.07. The van der Waals surface area contributed by atoms with Gasteiger partial charge < -0.3 is 11.1 Å². The zero-order valence-corrected chi connectivity index (χ0v) is 8.22. The maximum atomic E-state index is 5.40. The van der Waals surface area contributed by atoms with E-state index >= 15 is 0 Å². The number of benzene rings is 1. The number of hydrogen-bond donors (Lipinski definition) is 2. The van der Waals surface area contributed by atoms with Crippen molar-refractivity contribution >= 4 is 5.69 Å². The summed E-state index contributed by atoms with van der Waals surface area (Å²) in [6, 6.07) is 8.56. The fourth-order valence-electron chi connectivity index (χ4n) is 1.19. The number of anilines is 1. The van der Waals surface area contributed by atoms with E-state index in [1.807, 2.05) is 0 Å². The van der Waals surface area contributed by atoms with Crippen LogP contribution < -0.4 is 11.1 Å². The number of hydrogen-bond acceptors (Lipinski definition) is 2. The van der Waals surface area contributed by atoms with E-state index in [2.05, 4.69) is 36.5 Å². The quantitative estimate of drug-likeness (QED) is 0.677. The van der Waals surface area contributed by atoms with Crippen molar-refractivity contribution in [2.45, 2.75) is 19.8 Å². The van der Waals surface area contributed by atoms with Gasteiger partial charge in [0.25, 0.3) is 0 Å². The van der Waals surface area contributed by atoms with Crippen molar-refractivity contribution in [2.75, 3.05) is 18.4 Å². The van der Waals surface area contributed by atoms with Gasteiger partial charge in [-0.05, 0) is 37.1 Å². The van der Waals surface area contributed by atoms with Crippen LogP contribution in [0.5, 0.6) is 0 Å². The van der Waals surface area contributed by atoms with E-state index in [1.165, 1.54) is 11.3 Å². The Labute approximate surface area is 80.1 Å². The van der Waals surface area contributed by atoms with Crippen molar-refractivity contribution in [3.8, 4) is 0 Å². The molecule has 0 aliphatic carbocycles.